The minimum absolute atomic E-state index is 0.198. The molecule has 0 radical (unpaired) electrons. The van der Waals surface area contributed by atoms with Crippen molar-refractivity contribution in [3.63, 3.8) is 0 Å². The third kappa shape index (κ3) is 2.83. The molecule has 0 amide bonds. The molecule has 1 atom stereocenters. The monoisotopic (exact) mass is 226 g/mol. The van der Waals surface area contributed by atoms with Gasteiger partial charge < -0.3 is 0 Å². The maximum atomic E-state index is 2.35. The number of aryl methyl sites for hydroxylation is 1. The van der Waals surface area contributed by atoms with Crippen molar-refractivity contribution in [2.24, 2.45) is 0 Å². The van der Waals surface area contributed by atoms with Gasteiger partial charge in [-0.2, -0.15) is 0 Å². The molecular formula is C15H18Si. The summed E-state index contributed by atoms with van der Waals surface area (Å²) < 4.78 is 0. The minimum Gasteiger partial charge on any atom is -0.0663 e. The van der Waals surface area contributed by atoms with Gasteiger partial charge in [-0.15, -0.1) is 0 Å². The number of rotatable bonds is 3. The van der Waals surface area contributed by atoms with E-state index < -0.39 is 0 Å². The standard InChI is InChI=1S/C15H18Si/c1-12-8-10-14(11-9-12)13(2)16-15-6-4-3-5-7-15/h3-11,13H,16H2,1-2H3/t13-/m0/s1. The van der Waals surface area contributed by atoms with E-state index in [2.05, 4.69) is 68.4 Å². The molecule has 2 rings (SSSR count). The fourth-order valence-electron chi connectivity index (χ4n) is 1.98. The Labute approximate surface area is 100 Å². The van der Waals surface area contributed by atoms with E-state index >= 15 is 0 Å². The molecule has 0 saturated carbocycles. The summed E-state index contributed by atoms with van der Waals surface area (Å²) in [6, 6.07) is 19.9. The molecule has 82 valence electrons. The second-order valence-corrected chi connectivity index (χ2v) is 6.95. The van der Waals surface area contributed by atoms with Crippen LogP contribution in [0.5, 0.6) is 0 Å². The van der Waals surface area contributed by atoms with Crippen molar-refractivity contribution < 1.29 is 0 Å². The Morgan fingerprint density at radius 1 is 0.875 bits per heavy atom. The molecule has 0 nitrogen and oxygen atoms in total. The molecule has 0 unspecified atom stereocenters. The Bertz CT molecular complexity index is 431. The highest BCUT2D eigenvalue weighted by Gasteiger charge is 2.06. The fourth-order valence-corrected chi connectivity index (χ4v) is 3.74. The van der Waals surface area contributed by atoms with E-state index in [0.717, 1.165) is 5.54 Å². The molecule has 0 aliphatic carbocycles. The molecule has 0 saturated heterocycles. The molecular weight excluding hydrogens is 208 g/mol. The molecule has 0 N–H and O–H groups in total. The van der Waals surface area contributed by atoms with E-state index in [1.165, 1.54) is 11.1 Å². The first-order chi connectivity index (χ1) is 7.75. The Morgan fingerprint density at radius 3 is 2.12 bits per heavy atom. The third-order valence-electron chi connectivity index (χ3n) is 3.03. The highest BCUT2D eigenvalue weighted by molar-refractivity contribution is 6.54. The van der Waals surface area contributed by atoms with Crippen molar-refractivity contribution >= 4 is 14.7 Å². The number of benzene rings is 2. The zero-order valence-electron chi connectivity index (χ0n) is 9.98. The summed E-state index contributed by atoms with van der Waals surface area (Å²) in [4.78, 5) is 0. The van der Waals surface area contributed by atoms with Crippen LogP contribution in [0.15, 0.2) is 54.6 Å². The Hall–Kier alpha value is -1.34. The fraction of sp³-hybridized carbons (Fsp3) is 0.200. The molecule has 1 heteroatoms. The van der Waals surface area contributed by atoms with Gasteiger partial charge in [-0.05, 0) is 18.0 Å². The van der Waals surface area contributed by atoms with Gasteiger partial charge in [-0.1, -0.05) is 72.3 Å². The van der Waals surface area contributed by atoms with Crippen molar-refractivity contribution in [3.05, 3.63) is 65.7 Å². The normalized spacial score (nSPS) is 13.1. The summed E-state index contributed by atoms with van der Waals surface area (Å²) in [5, 5.41) is 1.55. The van der Waals surface area contributed by atoms with Crippen molar-refractivity contribution in [2.45, 2.75) is 19.4 Å². The van der Waals surface area contributed by atoms with E-state index in [0.29, 0.717) is 0 Å². The molecule has 0 spiro atoms. The summed E-state index contributed by atoms with van der Waals surface area (Å²) in [5.74, 6) is 0. The quantitative estimate of drug-likeness (QED) is 0.706. The second kappa shape index (κ2) is 5.13. The average molecular weight is 226 g/mol. The van der Waals surface area contributed by atoms with Crippen molar-refractivity contribution in [2.75, 3.05) is 0 Å². The zero-order valence-corrected chi connectivity index (χ0v) is 11.4. The lowest BCUT2D eigenvalue weighted by molar-refractivity contribution is 1.07. The van der Waals surface area contributed by atoms with Crippen LogP contribution in [0.3, 0.4) is 0 Å². The maximum Gasteiger partial charge on any atom is 0.0620 e. The van der Waals surface area contributed by atoms with Crippen LogP contribution in [0.25, 0.3) is 0 Å². The Kier molecular flexibility index (Phi) is 3.57. The van der Waals surface area contributed by atoms with Crippen LogP contribution in [0.2, 0.25) is 0 Å². The first-order valence-electron chi connectivity index (χ1n) is 5.86. The van der Waals surface area contributed by atoms with Gasteiger partial charge in [-0.25, -0.2) is 0 Å². The van der Waals surface area contributed by atoms with E-state index in [1.54, 1.807) is 5.19 Å². The summed E-state index contributed by atoms with van der Waals surface area (Å²) in [7, 11) is -0.198. The van der Waals surface area contributed by atoms with Gasteiger partial charge in [0.05, 0.1) is 9.52 Å². The van der Waals surface area contributed by atoms with Crippen LogP contribution >= 0.6 is 0 Å². The van der Waals surface area contributed by atoms with Crippen LogP contribution in [0.4, 0.5) is 0 Å². The van der Waals surface area contributed by atoms with Gasteiger partial charge in [0.2, 0.25) is 0 Å². The Morgan fingerprint density at radius 2 is 1.50 bits per heavy atom. The molecule has 16 heavy (non-hydrogen) atoms. The van der Waals surface area contributed by atoms with E-state index in [-0.39, 0.29) is 9.52 Å². The molecule has 0 heterocycles. The summed E-state index contributed by atoms with van der Waals surface area (Å²) in [6.45, 7) is 4.49. The molecule has 0 aliphatic heterocycles. The van der Waals surface area contributed by atoms with Crippen molar-refractivity contribution in [1.29, 1.82) is 0 Å². The van der Waals surface area contributed by atoms with Crippen molar-refractivity contribution in [3.8, 4) is 0 Å². The Balaban J connectivity index is 2.09. The predicted octanol–water partition coefficient (Wildman–Crippen LogP) is 2.55. The molecule has 0 fully saturated rings. The lowest BCUT2D eigenvalue weighted by atomic mass is 10.1. The lowest BCUT2D eigenvalue weighted by Crippen LogP contribution is -2.19. The molecule has 0 aliphatic rings. The first kappa shape index (κ1) is 11.2. The summed E-state index contributed by atoms with van der Waals surface area (Å²) in [5.41, 5.74) is 3.56. The topological polar surface area (TPSA) is 0 Å². The number of hydrogen-bond acceptors (Lipinski definition) is 0. The SMILES string of the molecule is Cc1ccc([C@H](C)[SiH2]c2ccccc2)cc1. The largest absolute Gasteiger partial charge is 0.0663 e. The zero-order chi connectivity index (χ0) is 11.4. The predicted molar refractivity (Wildman–Crippen MR) is 74.2 cm³/mol. The van der Waals surface area contributed by atoms with Gasteiger partial charge >= 0.3 is 0 Å². The molecule has 0 aromatic heterocycles. The lowest BCUT2D eigenvalue weighted by Gasteiger charge is -2.11. The van der Waals surface area contributed by atoms with Crippen LogP contribution in [-0.4, -0.2) is 9.52 Å². The van der Waals surface area contributed by atoms with E-state index in [4.69, 9.17) is 0 Å². The third-order valence-corrected chi connectivity index (χ3v) is 5.06. The van der Waals surface area contributed by atoms with Crippen LogP contribution in [0, 0.1) is 6.92 Å². The van der Waals surface area contributed by atoms with Crippen molar-refractivity contribution in [1.82, 2.24) is 0 Å². The van der Waals surface area contributed by atoms with Gasteiger partial charge in [0.1, 0.15) is 0 Å². The van der Waals surface area contributed by atoms with Crippen LogP contribution in [0.1, 0.15) is 23.6 Å². The van der Waals surface area contributed by atoms with Gasteiger partial charge in [-0.3, -0.25) is 0 Å². The van der Waals surface area contributed by atoms with Gasteiger partial charge in [0, 0.05) is 0 Å². The van der Waals surface area contributed by atoms with Crippen LogP contribution in [-0.2, 0) is 0 Å². The molecule has 2 aromatic rings. The number of hydrogen-bond donors (Lipinski definition) is 0. The maximum absolute atomic E-state index is 2.35. The highest BCUT2D eigenvalue weighted by atomic mass is 28.2. The molecule has 2 aromatic carbocycles. The van der Waals surface area contributed by atoms with E-state index in [9.17, 15) is 0 Å². The highest BCUT2D eigenvalue weighted by Crippen LogP contribution is 2.14. The summed E-state index contributed by atoms with van der Waals surface area (Å²) in [6.07, 6.45) is 0. The average Bonchev–Trinajstić information content (AvgIpc) is 2.31. The first-order valence-corrected chi connectivity index (χ1v) is 7.38. The molecule has 0 bridgehead atoms. The smallest absolute Gasteiger partial charge is 0.0620 e. The van der Waals surface area contributed by atoms with Crippen LogP contribution < -0.4 is 5.19 Å². The second-order valence-electron chi connectivity index (χ2n) is 4.50. The van der Waals surface area contributed by atoms with Gasteiger partial charge in [0.25, 0.3) is 0 Å². The summed E-state index contributed by atoms with van der Waals surface area (Å²) >= 11 is 0. The minimum atomic E-state index is -0.198. The van der Waals surface area contributed by atoms with Gasteiger partial charge in [0.15, 0.2) is 0 Å². The van der Waals surface area contributed by atoms with E-state index in [1.807, 2.05) is 0 Å².